The lowest BCUT2D eigenvalue weighted by Gasteiger charge is -2.18. The van der Waals surface area contributed by atoms with Crippen LogP contribution in [0.15, 0.2) is 41.3 Å². The van der Waals surface area contributed by atoms with E-state index < -0.39 is 20.9 Å². The molecule has 0 aliphatic carbocycles. The zero-order chi connectivity index (χ0) is 20.5. The predicted molar refractivity (Wildman–Crippen MR) is 105 cm³/mol. The molecule has 0 bridgehead atoms. The van der Waals surface area contributed by atoms with Crippen molar-refractivity contribution in [2.24, 2.45) is 0 Å². The Morgan fingerprint density at radius 1 is 1.18 bits per heavy atom. The molecule has 148 valence electrons. The van der Waals surface area contributed by atoms with E-state index in [9.17, 15) is 23.3 Å². The number of anilines is 1. The Balaban J connectivity index is 1.91. The second-order valence-electron chi connectivity index (χ2n) is 6.47. The first-order valence-corrected chi connectivity index (χ1v) is 10.4. The maximum atomic E-state index is 12.9. The summed E-state index contributed by atoms with van der Waals surface area (Å²) in [7, 11) is -3.69. The highest BCUT2D eigenvalue weighted by Gasteiger charge is 2.29. The average Bonchev–Trinajstić information content (AvgIpc) is 3.19. The summed E-state index contributed by atoms with van der Waals surface area (Å²) in [6, 6.07) is 8.07. The topological polar surface area (TPSA) is 110 Å². The number of carbonyl (C=O) groups excluding carboxylic acids is 1. The van der Waals surface area contributed by atoms with Gasteiger partial charge in [-0.15, -0.1) is 0 Å². The third-order valence-electron chi connectivity index (χ3n) is 4.54. The van der Waals surface area contributed by atoms with E-state index in [0.29, 0.717) is 18.7 Å². The Morgan fingerprint density at radius 3 is 2.50 bits per heavy atom. The first-order chi connectivity index (χ1) is 13.2. The van der Waals surface area contributed by atoms with Gasteiger partial charge in [0.15, 0.2) is 0 Å². The van der Waals surface area contributed by atoms with E-state index in [1.807, 2.05) is 0 Å². The van der Waals surface area contributed by atoms with Crippen LogP contribution in [0.25, 0.3) is 0 Å². The van der Waals surface area contributed by atoms with Gasteiger partial charge in [0.1, 0.15) is 0 Å². The van der Waals surface area contributed by atoms with Crippen molar-refractivity contribution in [1.82, 2.24) is 4.31 Å². The number of nitro groups is 1. The molecular weight excluding hydrogens is 406 g/mol. The lowest BCUT2D eigenvalue weighted by molar-refractivity contribution is -0.384. The van der Waals surface area contributed by atoms with E-state index in [-0.39, 0.29) is 26.9 Å². The Morgan fingerprint density at radius 2 is 1.86 bits per heavy atom. The van der Waals surface area contributed by atoms with Gasteiger partial charge in [-0.05, 0) is 43.5 Å². The summed E-state index contributed by atoms with van der Waals surface area (Å²) in [6.45, 7) is 2.59. The number of carbonyl (C=O) groups is 1. The highest BCUT2D eigenvalue weighted by molar-refractivity contribution is 7.89. The van der Waals surface area contributed by atoms with E-state index in [1.165, 1.54) is 28.6 Å². The molecule has 1 amide bonds. The number of nitro benzene ring substituents is 1. The van der Waals surface area contributed by atoms with Crippen LogP contribution in [0, 0.1) is 17.0 Å². The fourth-order valence-electron chi connectivity index (χ4n) is 3.00. The van der Waals surface area contributed by atoms with Crippen molar-refractivity contribution in [2.45, 2.75) is 24.7 Å². The maximum Gasteiger partial charge on any atom is 0.271 e. The van der Waals surface area contributed by atoms with Gasteiger partial charge in [-0.1, -0.05) is 17.7 Å². The van der Waals surface area contributed by atoms with Crippen LogP contribution in [-0.4, -0.2) is 36.6 Å². The van der Waals surface area contributed by atoms with Gasteiger partial charge in [0, 0.05) is 30.8 Å². The number of sulfonamides is 1. The van der Waals surface area contributed by atoms with Crippen LogP contribution in [0.5, 0.6) is 0 Å². The second kappa shape index (κ2) is 7.86. The molecule has 3 rings (SSSR count). The van der Waals surface area contributed by atoms with Crippen LogP contribution < -0.4 is 5.32 Å². The second-order valence-corrected chi connectivity index (χ2v) is 8.78. The maximum absolute atomic E-state index is 12.9. The Kier molecular flexibility index (Phi) is 5.69. The SMILES string of the molecule is Cc1ccc(C(=O)Nc2cc([N+](=O)[O-])ccc2Cl)cc1S(=O)(=O)N1CCCC1. The smallest absolute Gasteiger partial charge is 0.271 e. The van der Waals surface area contributed by atoms with Gasteiger partial charge in [0.2, 0.25) is 10.0 Å². The quantitative estimate of drug-likeness (QED) is 0.583. The predicted octanol–water partition coefficient (Wildman–Crippen LogP) is 3.59. The van der Waals surface area contributed by atoms with Gasteiger partial charge in [-0.2, -0.15) is 4.31 Å². The van der Waals surface area contributed by atoms with Crippen LogP contribution in [0.4, 0.5) is 11.4 Å². The number of hydrogen-bond donors (Lipinski definition) is 1. The summed E-state index contributed by atoms with van der Waals surface area (Å²) >= 11 is 6.01. The molecule has 28 heavy (non-hydrogen) atoms. The average molecular weight is 424 g/mol. The minimum atomic E-state index is -3.69. The summed E-state index contributed by atoms with van der Waals surface area (Å²) in [4.78, 5) is 23.0. The molecule has 1 saturated heterocycles. The van der Waals surface area contributed by atoms with Crippen molar-refractivity contribution < 1.29 is 18.1 Å². The van der Waals surface area contributed by atoms with E-state index in [2.05, 4.69) is 5.32 Å². The van der Waals surface area contributed by atoms with Crippen molar-refractivity contribution in [3.05, 3.63) is 62.7 Å². The number of hydrogen-bond acceptors (Lipinski definition) is 5. The first kappa shape index (κ1) is 20.2. The third-order valence-corrected chi connectivity index (χ3v) is 6.91. The van der Waals surface area contributed by atoms with Crippen molar-refractivity contribution in [1.29, 1.82) is 0 Å². The number of non-ortho nitro benzene ring substituents is 1. The molecule has 0 spiro atoms. The summed E-state index contributed by atoms with van der Waals surface area (Å²) < 4.78 is 27.1. The Bertz CT molecular complexity index is 1050. The molecule has 1 aliphatic rings. The molecule has 0 unspecified atom stereocenters. The van der Waals surface area contributed by atoms with Gasteiger partial charge < -0.3 is 5.32 Å². The highest BCUT2D eigenvalue weighted by atomic mass is 35.5. The van der Waals surface area contributed by atoms with Crippen molar-refractivity contribution >= 4 is 38.9 Å². The standard InChI is InChI=1S/C18H18ClN3O5S/c1-12-4-5-13(10-17(12)28(26,27)21-8-2-3-9-21)18(23)20-16-11-14(22(24)25)6-7-15(16)19/h4-7,10-11H,2-3,8-9H2,1H3,(H,20,23). The third kappa shape index (κ3) is 4.01. The molecule has 1 fully saturated rings. The van der Waals surface area contributed by atoms with Crippen molar-refractivity contribution in [3.8, 4) is 0 Å². The van der Waals surface area contributed by atoms with Crippen LogP contribution in [0.2, 0.25) is 5.02 Å². The van der Waals surface area contributed by atoms with Crippen LogP contribution in [0.3, 0.4) is 0 Å². The van der Waals surface area contributed by atoms with Gasteiger partial charge in [0.05, 0.1) is 20.5 Å². The first-order valence-electron chi connectivity index (χ1n) is 8.56. The van der Waals surface area contributed by atoms with E-state index in [0.717, 1.165) is 18.9 Å². The molecule has 2 aromatic rings. The van der Waals surface area contributed by atoms with E-state index >= 15 is 0 Å². The molecule has 1 N–H and O–H groups in total. The van der Waals surface area contributed by atoms with Crippen LogP contribution in [-0.2, 0) is 10.0 Å². The number of rotatable bonds is 5. The Labute approximate surface area is 167 Å². The van der Waals surface area contributed by atoms with Gasteiger partial charge >= 0.3 is 0 Å². The lowest BCUT2D eigenvalue weighted by atomic mass is 10.1. The minimum Gasteiger partial charge on any atom is -0.320 e. The van der Waals surface area contributed by atoms with Crippen LogP contribution in [0.1, 0.15) is 28.8 Å². The number of aryl methyl sites for hydroxylation is 1. The number of benzene rings is 2. The van der Waals surface area contributed by atoms with Gasteiger partial charge in [-0.3, -0.25) is 14.9 Å². The zero-order valence-corrected chi connectivity index (χ0v) is 16.6. The molecule has 0 radical (unpaired) electrons. The fraction of sp³-hybridized carbons (Fsp3) is 0.278. The largest absolute Gasteiger partial charge is 0.320 e. The molecule has 1 heterocycles. The normalized spacial score (nSPS) is 14.8. The molecule has 0 atom stereocenters. The van der Waals surface area contributed by atoms with E-state index in [1.54, 1.807) is 13.0 Å². The summed E-state index contributed by atoms with van der Waals surface area (Å²) in [5.74, 6) is -0.611. The highest BCUT2D eigenvalue weighted by Crippen LogP contribution is 2.28. The molecular formula is C18H18ClN3O5S. The molecule has 0 aromatic heterocycles. The summed E-state index contributed by atoms with van der Waals surface area (Å²) in [5, 5.41) is 13.6. The number of nitrogens with zero attached hydrogens (tertiary/aromatic N) is 2. The van der Waals surface area contributed by atoms with Crippen molar-refractivity contribution in [3.63, 3.8) is 0 Å². The molecule has 8 nitrogen and oxygen atoms in total. The fourth-order valence-corrected chi connectivity index (χ4v) is 4.94. The molecule has 10 heteroatoms. The molecule has 0 saturated carbocycles. The summed E-state index contributed by atoms with van der Waals surface area (Å²) in [6.07, 6.45) is 1.62. The molecule has 1 aliphatic heterocycles. The number of halogens is 1. The Hall–Kier alpha value is -2.49. The number of amides is 1. The minimum absolute atomic E-state index is 0.0744. The zero-order valence-electron chi connectivity index (χ0n) is 15.0. The van der Waals surface area contributed by atoms with Gasteiger partial charge in [0.25, 0.3) is 11.6 Å². The number of nitrogens with one attached hydrogen (secondary N) is 1. The monoisotopic (exact) mass is 423 g/mol. The van der Waals surface area contributed by atoms with E-state index in [4.69, 9.17) is 11.6 Å². The van der Waals surface area contributed by atoms with Crippen molar-refractivity contribution in [2.75, 3.05) is 18.4 Å². The van der Waals surface area contributed by atoms with Crippen LogP contribution >= 0.6 is 11.6 Å². The lowest BCUT2D eigenvalue weighted by Crippen LogP contribution is -2.28. The van der Waals surface area contributed by atoms with Gasteiger partial charge in [-0.25, -0.2) is 8.42 Å². The summed E-state index contributed by atoms with van der Waals surface area (Å²) in [5.41, 5.74) is 0.508. The molecule has 2 aromatic carbocycles.